The number of thiazole rings is 1. The molecule has 9 heteroatoms. The summed E-state index contributed by atoms with van der Waals surface area (Å²) >= 11 is 1.46. The van der Waals surface area contributed by atoms with Crippen molar-refractivity contribution in [1.82, 2.24) is 14.8 Å². The molecular weight excluding hydrogens is 536 g/mol. The van der Waals surface area contributed by atoms with Gasteiger partial charge < -0.3 is 14.4 Å². The lowest BCUT2D eigenvalue weighted by Gasteiger charge is -2.36. The van der Waals surface area contributed by atoms with Gasteiger partial charge in [-0.1, -0.05) is 42.5 Å². The Balaban J connectivity index is 1.13. The highest BCUT2D eigenvalue weighted by atomic mass is 32.1. The number of ether oxygens (including phenoxy) is 2. The molecule has 2 aliphatic heterocycles. The number of aromatic nitrogens is 1. The first-order valence-corrected chi connectivity index (χ1v) is 14.7. The van der Waals surface area contributed by atoms with Crippen LogP contribution in [0.1, 0.15) is 38.2 Å². The number of imide groups is 1. The second-order valence-corrected chi connectivity index (χ2v) is 11.0. The van der Waals surface area contributed by atoms with Crippen molar-refractivity contribution < 1.29 is 19.1 Å². The van der Waals surface area contributed by atoms with Gasteiger partial charge in [0.15, 0.2) is 11.5 Å². The van der Waals surface area contributed by atoms with E-state index < -0.39 is 0 Å². The number of piperazine rings is 1. The maximum absolute atomic E-state index is 13.6. The second-order valence-electron chi connectivity index (χ2n) is 10.1. The Kier molecular flexibility index (Phi) is 7.71. The number of amides is 2. The van der Waals surface area contributed by atoms with Crippen LogP contribution in [0, 0.1) is 0 Å². The molecule has 6 rings (SSSR count). The van der Waals surface area contributed by atoms with E-state index in [1.807, 2.05) is 66.9 Å². The minimum atomic E-state index is -0.258. The number of rotatable bonds is 9. The van der Waals surface area contributed by atoms with Crippen molar-refractivity contribution in [2.45, 2.75) is 20.0 Å². The van der Waals surface area contributed by atoms with Gasteiger partial charge in [-0.25, -0.2) is 4.98 Å². The Hall–Kier alpha value is -4.21. The van der Waals surface area contributed by atoms with Crippen molar-refractivity contribution in [1.29, 1.82) is 0 Å². The van der Waals surface area contributed by atoms with Gasteiger partial charge in [0.1, 0.15) is 5.01 Å². The van der Waals surface area contributed by atoms with Gasteiger partial charge in [-0.15, -0.1) is 11.3 Å². The van der Waals surface area contributed by atoms with Crippen molar-refractivity contribution in [3.05, 3.63) is 93.8 Å². The van der Waals surface area contributed by atoms with Gasteiger partial charge in [0.2, 0.25) is 0 Å². The summed E-state index contributed by atoms with van der Waals surface area (Å²) in [7, 11) is 1.65. The lowest BCUT2D eigenvalue weighted by atomic mass is 10.1. The molecule has 2 amide bonds. The molecule has 0 spiro atoms. The number of methoxy groups -OCH3 is 1. The average molecular weight is 569 g/mol. The first-order chi connectivity index (χ1) is 20.1. The molecule has 0 aliphatic carbocycles. The van der Waals surface area contributed by atoms with Crippen LogP contribution in [-0.4, -0.2) is 66.5 Å². The molecule has 1 saturated heterocycles. The third-order valence-corrected chi connectivity index (χ3v) is 8.37. The molecule has 0 N–H and O–H groups in total. The number of benzene rings is 3. The van der Waals surface area contributed by atoms with Crippen molar-refractivity contribution >= 4 is 28.8 Å². The fraction of sp³-hybridized carbons (Fsp3) is 0.281. The zero-order chi connectivity index (χ0) is 28.3. The number of fused-ring (bicyclic) bond motifs is 1. The number of anilines is 1. The third-order valence-electron chi connectivity index (χ3n) is 7.54. The molecule has 3 heterocycles. The highest BCUT2D eigenvalue weighted by Crippen LogP contribution is 2.34. The van der Waals surface area contributed by atoms with E-state index in [1.165, 1.54) is 16.2 Å². The highest BCUT2D eigenvalue weighted by Gasteiger charge is 2.39. The average Bonchev–Trinajstić information content (AvgIpc) is 3.57. The predicted octanol–water partition coefficient (Wildman–Crippen LogP) is 5.34. The fourth-order valence-electron chi connectivity index (χ4n) is 5.48. The molecule has 4 aromatic rings. The Labute approximate surface area is 243 Å². The standard InChI is InChI=1S/C32H32N4O4S/c1-3-40-28-18-22(12-13-27(28)39-2)19-34-14-16-35(17-15-34)26-11-7-10-24-30(26)32(38)36(31(24)37)20-29-33-25(21-41-29)23-8-5-4-6-9-23/h4-13,18,21H,3,14-17,19-20H2,1-2H3. The minimum Gasteiger partial charge on any atom is -0.493 e. The van der Waals surface area contributed by atoms with Crippen molar-refractivity contribution in [2.75, 3.05) is 44.8 Å². The maximum Gasteiger partial charge on any atom is 0.264 e. The molecule has 1 fully saturated rings. The number of carbonyl (C=O) groups excluding carboxylic acids is 2. The lowest BCUT2D eigenvalue weighted by molar-refractivity contribution is 0.0642. The highest BCUT2D eigenvalue weighted by molar-refractivity contribution is 7.10. The molecular formula is C32H32N4O4S. The Morgan fingerprint density at radius 1 is 0.878 bits per heavy atom. The number of hydrogen-bond donors (Lipinski definition) is 0. The van der Waals surface area contributed by atoms with Gasteiger partial charge in [0, 0.05) is 43.7 Å². The van der Waals surface area contributed by atoms with E-state index in [9.17, 15) is 9.59 Å². The molecule has 2 aliphatic rings. The molecule has 1 aromatic heterocycles. The fourth-order valence-corrected chi connectivity index (χ4v) is 6.27. The summed E-state index contributed by atoms with van der Waals surface area (Å²) in [4.78, 5) is 37.6. The van der Waals surface area contributed by atoms with Crippen LogP contribution >= 0.6 is 11.3 Å². The first-order valence-electron chi connectivity index (χ1n) is 13.8. The van der Waals surface area contributed by atoms with Crippen LogP contribution in [0.4, 0.5) is 5.69 Å². The smallest absolute Gasteiger partial charge is 0.264 e. The molecule has 41 heavy (non-hydrogen) atoms. The van der Waals surface area contributed by atoms with Crippen LogP contribution in [0.3, 0.4) is 0 Å². The van der Waals surface area contributed by atoms with Crippen LogP contribution in [0.5, 0.6) is 11.5 Å². The molecule has 0 bridgehead atoms. The van der Waals surface area contributed by atoms with Crippen molar-refractivity contribution in [2.24, 2.45) is 0 Å². The van der Waals surface area contributed by atoms with Crippen LogP contribution in [0.25, 0.3) is 11.3 Å². The summed E-state index contributed by atoms with van der Waals surface area (Å²) in [6, 6.07) is 21.6. The van der Waals surface area contributed by atoms with Gasteiger partial charge in [0.25, 0.3) is 11.8 Å². The van der Waals surface area contributed by atoms with E-state index in [0.29, 0.717) is 17.7 Å². The molecule has 0 unspecified atom stereocenters. The van der Waals surface area contributed by atoms with Gasteiger partial charge in [-0.3, -0.25) is 19.4 Å². The van der Waals surface area contributed by atoms with Crippen LogP contribution in [0.15, 0.2) is 72.1 Å². The molecule has 3 aromatic carbocycles. The summed E-state index contributed by atoms with van der Waals surface area (Å²) in [5.74, 6) is 0.985. The SMILES string of the molecule is CCOc1cc(CN2CCN(c3cccc4c3C(=O)N(Cc3nc(-c5ccccc5)cs3)C4=O)CC2)ccc1OC. The number of carbonyl (C=O) groups is 2. The van der Waals surface area contributed by atoms with Crippen molar-refractivity contribution in [3.63, 3.8) is 0 Å². The molecule has 0 saturated carbocycles. The molecule has 0 atom stereocenters. The number of nitrogens with zero attached hydrogens (tertiary/aromatic N) is 4. The summed E-state index contributed by atoms with van der Waals surface area (Å²) in [5, 5.41) is 2.71. The third kappa shape index (κ3) is 5.42. The monoisotopic (exact) mass is 568 g/mol. The summed E-state index contributed by atoms with van der Waals surface area (Å²) in [6.45, 7) is 6.72. The van der Waals surface area contributed by atoms with E-state index in [2.05, 4.69) is 15.9 Å². The lowest BCUT2D eigenvalue weighted by Crippen LogP contribution is -2.46. The number of hydrogen-bond acceptors (Lipinski definition) is 8. The van der Waals surface area contributed by atoms with Crippen LogP contribution < -0.4 is 14.4 Å². The van der Waals surface area contributed by atoms with E-state index in [1.54, 1.807) is 13.2 Å². The predicted molar refractivity (Wildman–Crippen MR) is 160 cm³/mol. The van der Waals surface area contributed by atoms with Gasteiger partial charge in [0.05, 0.1) is 42.8 Å². The minimum absolute atomic E-state index is 0.169. The molecule has 0 radical (unpaired) electrons. The summed E-state index contributed by atoms with van der Waals surface area (Å²) in [5.41, 5.74) is 4.83. The van der Waals surface area contributed by atoms with E-state index in [4.69, 9.17) is 14.5 Å². The quantitative estimate of drug-likeness (QED) is 0.253. The zero-order valence-corrected chi connectivity index (χ0v) is 24.0. The van der Waals surface area contributed by atoms with E-state index in [-0.39, 0.29) is 18.4 Å². The van der Waals surface area contributed by atoms with Crippen molar-refractivity contribution in [3.8, 4) is 22.8 Å². The Morgan fingerprint density at radius 2 is 1.68 bits per heavy atom. The van der Waals surface area contributed by atoms with Gasteiger partial charge in [-0.05, 0) is 36.8 Å². The summed E-state index contributed by atoms with van der Waals surface area (Å²) < 4.78 is 11.2. The summed E-state index contributed by atoms with van der Waals surface area (Å²) in [6.07, 6.45) is 0. The van der Waals surface area contributed by atoms with Crippen LogP contribution in [-0.2, 0) is 13.1 Å². The Bertz CT molecular complexity index is 1560. The van der Waals surface area contributed by atoms with E-state index in [0.717, 1.165) is 71.7 Å². The first kappa shape index (κ1) is 27.0. The molecule has 210 valence electrons. The Morgan fingerprint density at radius 3 is 2.44 bits per heavy atom. The van der Waals surface area contributed by atoms with Gasteiger partial charge >= 0.3 is 0 Å². The second kappa shape index (κ2) is 11.7. The van der Waals surface area contributed by atoms with Crippen LogP contribution in [0.2, 0.25) is 0 Å². The van der Waals surface area contributed by atoms with Gasteiger partial charge in [-0.2, -0.15) is 0 Å². The maximum atomic E-state index is 13.6. The normalized spacial score (nSPS) is 15.4. The van der Waals surface area contributed by atoms with E-state index >= 15 is 0 Å². The topological polar surface area (TPSA) is 75.2 Å². The molecule has 8 nitrogen and oxygen atoms in total. The largest absolute Gasteiger partial charge is 0.493 e. The zero-order valence-electron chi connectivity index (χ0n) is 23.2.